The maximum Gasteiger partial charge on any atom is 0.510 e. The topological polar surface area (TPSA) is 170 Å². The van der Waals surface area contributed by atoms with Crippen molar-refractivity contribution in [3.63, 3.8) is 0 Å². The van der Waals surface area contributed by atoms with Gasteiger partial charge in [-0.3, -0.25) is 15.3 Å². The van der Waals surface area contributed by atoms with Crippen molar-refractivity contribution >= 4 is 6.16 Å². The molecule has 19 heteroatoms. The van der Waals surface area contributed by atoms with Gasteiger partial charge in [-0.05, 0) is 48.1 Å². The average molecular weight is 700 g/mol. The molecule has 4 aromatic rings. The zero-order valence-corrected chi connectivity index (χ0v) is 26.3. The fraction of sp³-hybridized carbons (Fsp3) is 0.433. The fourth-order valence-corrected chi connectivity index (χ4v) is 4.80. The minimum Gasteiger partial charge on any atom is -0.434 e. The second-order valence-electron chi connectivity index (χ2n) is 10.7. The highest BCUT2D eigenvalue weighted by molar-refractivity contribution is 5.80. The number of aromatic nitrogens is 6. The highest BCUT2D eigenvalue weighted by Gasteiger charge is 2.61. The number of halogens is 5. The minimum absolute atomic E-state index is 0.00455. The van der Waals surface area contributed by atoms with Crippen molar-refractivity contribution in [3.05, 3.63) is 71.3 Å². The normalized spacial score (nSPS) is 12.8. The van der Waals surface area contributed by atoms with Gasteiger partial charge in [-0.15, -0.1) is 15.0 Å². The molecule has 2 aromatic carbocycles. The van der Waals surface area contributed by atoms with Crippen LogP contribution in [0.25, 0.3) is 22.5 Å². The van der Waals surface area contributed by atoms with E-state index in [0.717, 1.165) is 4.80 Å². The third kappa shape index (κ3) is 9.12. The van der Waals surface area contributed by atoms with E-state index in [4.69, 9.17) is 19.9 Å². The van der Waals surface area contributed by atoms with Gasteiger partial charge in [0.2, 0.25) is 12.1 Å². The Morgan fingerprint density at radius 2 is 1.67 bits per heavy atom. The van der Waals surface area contributed by atoms with Crippen LogP contribution in [0, 0.1) is 0 Å². The van der Waals surface area contributed by atoms with Gasteiger partial charge in [-0.25, -0.2) is 9.78 Å². The van der Waals surface area contributed by atoms with Crippen molar-refractivity contribution in [1.82, 2.24) is 35.1 Å². The summed E-state index contributed by atoms with van der Waals surface area (Å²) in [5.41, 5.74) is 0.411. The number of tetrazole rings is 1. The van der Waals surface area contributed by atoms with Crippen LogP contribution < -0.4 is 0 Å². The summed E-state index contributed by atoms with van der Waals surface area (Å²) in [6, 6.07) is 13.9. The summed E-state index contributed by atoms with van der Waals surface area (Å²) in [5, 5.41) is 38.8. The van der Waals surface area contributed by atoms with Crippen LogP contribution in [0.2, 0.25) is 0 Å². The summed E-state index contributed by atoms with van der Waals surface area (Å²) < 4.78 is 79.6. The van der Waals surface area contributed by atoms with Gasteiger partial charge in [0, 0.05) is 18.5 Å². The van der Waals surface area contributed by atoms with Gasteiger partial charge in [-0.1, -0.05) is 55.5 Å². The molecule has 0 saturated heterocycles. The van der Waals surface area contributed by atoms with Crippen LogP contribution in [0.4, 0.5) is 26.7 Å². The number of hydrogen-bond donors (Lipinski definition) is 3. The molecule has 2 aromatic heterocycles. The number of unbranched alkanes of at least 4 members (excludes halogenated alkanes) is 1. The molecule has 0 radical (unpaired) electrons. The van der Waals surface area contributed by atoms with Crippen LogP contribution in [-0.2, 0) is 39.8 Å². The number of aryl methyl sites for hydroxylation is 1. The molecule has 49 heavy (non-hydrogen) atoms. The van der Waals surface area contributed by atoms with E-state index in [1.165, 1.54) is 11.5 Å². The van der Waals surface area contributed by atoms with Gasteiger partial charge >= 0.3 is 18.3 Å². The number of carbonyl (C=O) groups is 1. The first kappa shape index (κ1) is 37.3. The largest absolute Gasteiger partial charge is 0.510 e. The fourth-order valence-electron chi connectivity index (χ4n) is 4.80. The maximum atomic E-state index is 14.3. The minimum atomic E-state index is -5.88. The number of carbonyl (C=O) groups excluding carboxylic acids is 1. The number of hydrogen-bond acceptors (Lipinski definition) is 12. The predicted molar refractivity (Wildman–Crippen MR) is 158 cm³/mol. The van der Waals surface area contributed by atoms with Gasteiger partial charge in [-0.2, -0.15) is 22.0 Å². The van der Waals surface area contributed by atoms with Crippen LogP contribution in [0.3, 0.4) is 0 Å². The quantitative estimate of drug-likeness (QED) is 0.0556. The molecule has 4 rings (SSSR count). The summed E-state index contributed by atoms with van der Waals surface area (Å²) in [7, 11) is 0. The Hall–Kier alpha value is -4.56. The molecular formula is C30H34F5N7O7. The lowest BCUT2D eigenvalue weighted by Gasteiger charge is -2.19. The third-order valence-corrected chi connectivity index (χ3v) is 7.19. The first-order chi connectivity index (χ1) is 23.3. The lowest BCUT2D eigenvalue weighted by molar-refractivity contribution is -0.492. The zero-order valence-electron chi connectivity index (χ0n) is 26.3. The Kier molecular flexibility index (Phi) is 12.3. The Morgan fingerprint density at radius 1 is 1.00 bits per heavy atom. The SMILES string of the molecule is CCCc1nc(C(F)(F)C(F)(F)F)c(CO)n1Cc1ccc(-c2ccccc2-c2nnn(C(C)OC(=O)OCCCCON(O)O)n2)cc1. The molecular weight excluding hydrogens is 665 g/mol. The number of imidazole rings is 1. The van der Waals surface area contributed by atoms with Crippen molar-refractivity contribution in [2.75, 3.05) is 13.2 Å². The molecule has 2 heterocycles. The van der Waals surface area contributed by atoms with Crippen molar-refractivity contribution in [2.24, 2.45) is 0 Å². The first-order valence-corrected chi connectivity index (χ1v) is 15.0. The summed E-state index contributed by atoms with van der Waals surface area (Å²) >= 11 is 0. The van der Waals surface area contributed by atoms with Crippen LogP contribution in [0.5, 0.6) is 0 Å². The van der Waals surface area contributed by atoms with Crippen LogP contribution in [0.15, 0.2) is 48.5 Å². The standard InChI is InChI=1S/C30H34F5N7O7/c1-3-8-25-36-26(29(31,32)30(33,34)35)24(18-43)40(25)17-20-11-13-21(14-12-20)22-9-4-5-10-23(22)27-37-39-41(38-27)19(2)49-28(44)47-15-6-7-16-48-42(45)46/h4-5,9-14,19,43,45-46H,3,6-8,15-18H2,1-2H3. The van der Waals surface area contributed by atoms with Gasteiger partial charge in [0.15, 0.2) is 0 Å². The monoisotopic (exact) mass is 699 g/mol. The van der Waals surface area contributed by atoms with E-state index in [2.05, 4.69) is 25.2 Å². The highest BCUT2D eigenvalue weighted by atomic mass is 19.4. The van der Waals surface area contributed by atoms with E-state index in [-0.39, 0.29) is 37.8 Å². The van der Waals surface area contributed by atoms with Crippen LogP contribution in [0.1, 0.15) is 62.1 Å². The zero-order chi connectivity index (χ0) is 35.8. The van der Waals surface area contributed by atoms with Crippen molar-refractivity contribution in [2.45, 2.75) is 71.0 Å². The van der Waals surface area contributed by atoms with E-state index in [0.29, 0.717) is 41.5 Å². The maximum absolute atomic E-state index is 14.3. The number of nitrogens with zero attached hydrogens (tertiary/aromatic N) is 7. The van der Waals surface area contributed by atoms with Crippen molar-refractivity contribution < 1.29 is 56.6 Å². The van der Waals surface area contributed by atoms with E-state index in [9.17, 15) is 31.9 Å². The molecule has 3 N–H and O–H groups in total. The number of aliphatic hydroxyl groups excluding tert-OH is 1. The number of rotatable bonds is 16. The lowest BCUT2D eigenvalue weighted by Crippen LogP contribution is -2.35. The van der Waals surface area contributed by atoms with E-state index < -0.39 is 47.9 Å². The summed E-state index contributed by atoms with van der Waals surface area (Å²) in [4.78, 5) is 21.2. The summed E-state index contributed by atoms with van der Waals surface area (Å²) in [6.07, 6.45) is -6.55. The molecule has 0 amide bonds. The predicted octanol–water partition coefficient (Wildman–Crippen LogP) is 5.81. The van der Waals surface area contributed by atoms with Crippen molar-refractivity contribution in [3.8, 4) is 22.5 Å². The lowest BCUT2D eigenvalue weighted by atomic mass is 9.98. The van der Waals surface area contributed by atoms with Gasteiger partial charge in [0.05, 0.1) is 30.9 Å². The molecule has 0 bridgehead atoms. The Labute approximate surface area is 276 Å². The average Bonchev–Trinajstić information content (AvgIpc) is 3.68. The molecule has 266 valence electrons. The highest BCUT2D eigenvalue weighted by Crippen LogP contribution is 2.45. The van der Waals surface area contributed by atoms with Gasteiger partial charge in [0.25, 0.3) is 0 Å². The number of aliphatic hydroxyl groups is 1. The summed E-state index contributed by atoms with van der Waals surface area (Å²) in [6.45, 7) is 2.06. The molecule has 0 spiro atoms. The third-order valence-electron chi connectivity index (χ3n) is 7.19. The Balaban J connectivity index is 1.48. The number of alkyl halides is 5. The second-order valence-corrected chi connectivity index (χ2v) is 10.7. The van der Waals surface area contributed by atoms with Gasteiger partial charge < -0.3 is 19.1 Å². The molecule has 0 aliphatic rings. The van der Waals surface area contributed by atoms with Crippen LogP contribution in [-0.4, -0.2) is 76.2 Å². The first-order valence-electron chi connectivity index (χ1n) is 15.0. The molecule has 14 nitrogen and oxygen atoms in total. The molecule has 1 unspecified atom stereocenters. The summed E-state index contributed by atoms with van der Waals surface area (Å²) in [5.74, 6) is -5.03. The number of benzene rings is 2. The Morgan fingerprint density at radius 3 is 2.31 bits per heavy atom. The van der Waals surface area contributed by atoms with E-state index >= 15 is 0 Å². The molecule has 0 aliphatic heterocycles. The second kappa shape index (κ2) is 16.2. The van der Waals surface area contributed by atoms with Crippen molar-refractivity contribution in [1.29, 1.82) is 0 Å². The van der Waals surface area contributed by atoms with E-state index in [1.54, 1.807) is 55.5 Å². The van der Waals surface area contributed by atoms with E-state index in [1.807, 2.05) is 0 Å². The molecule has 0 saturated carbocycles. The molecule has 1 atom stereocenters. The van der Waals surface area contributed by atoms with Gasteiger partial charge in [0.1, 0.15) is 11.5 Å². The smallest absolute Gasteiger partial charge is 0.434 e. The molecule has 0 fully saturated rings. The Bertz CT molecular complexity index is 1680. The molecule has 0 aliphatic carbocycles. The van der Waals surface area contributed by atoms with Crippen LogP contribution >= 0.6 is 0 Å². The number of ether oxygens (including phenoxy) is 2.